The molecule has 0 unspecified atom stereocenters. The molecule has 0 bridgehead atoms. The third-order valence-corrected chi connectivity index (χ3v) is 4.32. The number of nitrogens with zero attached hydrogens (tertiary/aromatic N) is 2. The van der Waals surface area contributed by atoms with E-state index in [2.05, 4.69) is 0 Å². The minimum atomic E-state index is -4.83. The number of carbonyl (C=O) groups is 2. The van der Waals surface area contributed by atoms with Crippen molar-refractivity contribution in [1.82, 2.24) is 9.80 Å². The number of rotatable bonds is 3. The van der Waals surface area contributed by atoms with Crippen molar-refractivity contribution < 1.29 is 36.6 Å². The van der Waals surface area contributed by atoms with Crippen LogP contribution in [0, 0.1) is 5.82 Å². The number of ether oxygens (including phenoxy) is 2. The number of carbonyl (C=O) groups excluding carboxylic acids is 2. The zero-order chi connectivity index (χ0) is 22.2. The maximum atomic E-state index is 14.1. The quantitative estimate of drug-likeness (QED) is 0.591. The summed E-state index contributed by atoms with van der Waals surface area (Å²) < 4.78 is 64.5. The summed E-state index contributed by atoms with van der Waals surface area (Å²) in [5.74, 6) is -1.69. The van der Waals surface area contributed by atoms with Crippen molar-refractivity contribution in [2.75, 3.05) is 19.8 Å². The Morgan fingerprint density at radius 2 is 2.00 bits per heavy atom. The van der Waals surface area contributed by atoms with Crippen LogP contribution in [-0.4, -0.2) is 36.1 Å². The van der Waals surface area contributed by atoms with Gasteiger partial charge in [0.1, 0.15) is 11.5 Å². The van der Waals surface area contributed by atoms with Crippen LogP contribution in [0.5, 0.6) is 11.5 Å². The highest BCUT2D eigenvalue weighted by Crippen LogP contribution is 2.42. The van der Waals surface area contributed by atoms with E-state index in [1.165, 1.54) is 32.3 Å². The molecule has 2 amide bonds. The van der Waals surface area contributed by atoms with Crippen molar-refractivity contribution in [3.63, 3.8) is 0 Å². The Morgan fingerprint density at radius 1 is 1.30 bits per heavy atom. The van der Waals surface area contributed by atoms with Gasteiger partial charge < -0.3 is 20.1 Å². The number of hydrogen-bond donors (Lipinski definition) is 1. The van der Waals surface area contributed by atoms with Gasteiger partial charge in [-0.05, 0) is 12.1 Å². The number of halogens is 4. The Kier molecular flexibility index (Phi) is 5.47. The number of anilines is 1. The van der Waals surface area contributed by atoms with Gasteiger partial charge in [-0.1, -0.05) is 12.1 Å². The lowest BCUT2D eigenvalue weighted by atomic mass is 10.1. The standard InChI is InChI=1S/C19H17F4N3O4/c1-25(2)17(27)30-15-7-14-11(6-12(15)19(21,22)23)9-26(18(28)29-14)8-10-4-3-5-13(24)16(10)20/h3-7H,8-9,24H2,1-2H3. The zero-order valence-electron chi connectivity index (χ0n) is 15.9. The van der Waals surface area contributed by atoms with Crippen LogP contribution in [-0.2, 0) is 19.3 Å². The Labute approximate surface area is 168 Å². The Morgan fingerprint density at radius 3 is 2.63 bits per heavy atom. The van der Waals surface area contributed by atoms with Gasteiger partial charge in [-0.25, -0.2) is 14.0 Å². The molecule has 2 aromatic rings. The fraction of sp³-hybridized carbons (Fsp3) is 0.263. The molecule has 7 nitrogen and oxygen atoms in total. The van der Waals surface area contributed by atoms with E-state index in [9.17, 15) is 27.2 Å². The van der Waals surface area contributed by atoms with Gasteiger partial charge in [-0.3, -0.25) is 4.90 Å². The lowest BCUT2D eigenvalue weighted by Crippen LogP contribution is -2.37. The molecule has 160 valence electrons. The van der Waals surface area contributed by atoms with Gasteiger partial charge >= 0.3 is 18.4 Å². The molecule has 0 aromatic heterocycles. The van der Waals surface area contributed by atoms with Crippen molar-refractivity contribution in [2.45, 2.75) is 19.3 Å². The van der Waals surface area contributed by atoms with Gasteiger partial charge in [0.15, 0.2) is 5.82 Å². The first-order valence-electron chi connectivity index (χ1n) is 8.60. The van der Waals surface area contributed by atoms with Crippen molar-refractivity contribution in [2.24, 2.45) is 0 Å². The second-order valence-electron chi connectivity index (χ2n) is 6.76. The number of amides is 2. The predicted molar refractivity (Wildman–Crippen MR) is 97.2 cm³/mol. The molecule has 0 fully saturated rings. The first kappa shape index (κ1) is 21.2. The number of hydrogen-bond acceptors (Lipinski definition) is 5. The van der Waals surface area contributed by atoms with Crippen LogP contribution in [0.4, 0.5) is 32.8 Å². The van der Waals surface area contributed by atoms with Gasteiger partial charge in [0.2, 0.25) is 0 Å². The Balaban J connectivity index is 1.95. The smallest absolute Gasteiger partial charge is 0.410 e. The van der Waals surface area contributed by atoms with Crippen LogP contribution in [0.2, 0.25) is 0 Å². The average Bonchev–Trinajstić information content (AvgIpc) is 2.64. The van der Waals surface area contributed by atoms with Gasteiger partial charge in [0, 0.05) is 31.3 Å². The molecule has 0 aliphatic carbocycles. The van der Waals surface area contributed by atoms with Crippen LogP contribution in [0.25, 0.3) is 0 Å². The van der Waals surface area contributed by atoms with E-state index in [-0.39, 0.29) is 35.7 Å². The molecular formula is C19H17F4N3O4. The van der Waals surface area contributed by atoms with Crippen molar-refractivity contribution >= 4 is 17.9 Å². The molecule has 1 aliphatic rings. The fourth-order valence-electron chi connectivity index (χ4n) is 2.79. The number of fused-ring (bicyclic) bond motifs is 1. The van der Waals surface area contributed by atoms with Crippen LogP contribution in [0.15, 0.2) is 30.3 Å². The summed E-state index contributed by atoms with van der Waals surface area (Å²) in [4.78, 5) is 26.0. The molecule has 0 spiro atoms. The molecule has 0 saturated heterocycles. The third kappa shape index (κ3) is 4.24. The first-order valence-corrected chi connectivity index (χ1v) is 8.60. The summed E-state index contributed by atoms with van der Waals surface area (Å²) in [5.41, 5.74) is 4.29. The predicted octanol–water partition coefficient (Wildman–Crippen LogP) is 4.00. The second kappa shape index (κ2) is 7.73. The zero-order valence-corrected chi connectivity index (χ0v) is 15.9. The summed E-state index contributed by atoms with van der Waals surface area (Å²) in [6, 6.07) is 5.82. The molecule has 2 aromatic carbocycles. The molecule has 30 heavy (non-hydrogen) atoms. The normalized spacial score (nSPS) is 13.5. The lowest BCUT2D eigenvalue weighted by molar-refractivity contribution is -0.138. The molecule has 0 atom stereocenters. The van der Waals surface area contributed by atoms with E-state index in [4.69, 9.17) is 15.2 Å². The highest BCUT2D eigenvalue weighted by atomic mass is 19.4. The molecular weight excluding hydrogens is 410 g/mol. The molecule has 3 rings (SSSR count). The average molecular weight is 427 g/mol. The van der Waals surface area contributed by atoms with E-state index in [0.29, 0.717) is 0 Å². The molecule has 1 aliphatic heterocycles. The summed E-state index contributed by atoms with van der Waals surface area (Å²) in [6.07, 6.45) is -6.75. The number of alkyl halides is 3. The van der Waals surface area contributed by atoms with Crippen LogP contribution in [0.1, 0.15) is 16.7 Å². The highest BCUT2D eigenvalue weighted by molar-refractivity contribution is 5.75. The monoisotopic (exact) mass is 427 g/mol. The largest absolute Gasteiger partial charge is 0.420 e. The Bertz CT molecular complexity index is 1010. The van der Waals surface area contributed by atoms with Gasteiger partial charge in [-0.15, -0.1) is 0 Å². The summed E-state index contributed by atoms with van der Waals surface area (Å²) >= 11 is 0. The molecule has 1 heterocycles. The SMILES string of the molecule is CN(C)C(=O)Oc1cc2c(cc1C(F)(F)F)CN(Cc1cccc(N)c1F)C(=O)O2. The minimum absolute atomic E-state index is 0.0240. The van der Waals surface area contributed by atoms with Crippen LogP contribution < -0.4 is 15.2 Å². The maximum absolute atomic E-state index is 14.1. The summed E-state index contributed by atoms with van der Waals surface area (Å²) in [7, 11) is 2.61. The molecule has 0 radical (unpaired) electrons. The minimum Gasteiger partial charge on any atom is -0.410 e. The maximum Gasteiger partial charge on any atom is 0.420 e. The van der Waals surface area contributed by atoms with Crippen molar-refractivity contribution in [3.05, 3.63) is 52.8 Å². The topological polar surface area (TPSA) is 85.1 Å². The second-order valence-corrected chi connectivity index (χ2v) is 6.76. The van der Waals surface area contributed by atoms with Gasteiger partial charge in [0.25, 0.3) is 0 Å². The van der Waals surface area contributed by atoms with E-state index in [0.717, 1.165) is 21.9 Å². The molecule has 11 heteroatoms. The van der Waals surface area contributed by atoms with Crippen molar-refractivity contribution in [3.8, 4) is 11.5 Å². The van der Waals surface area contributed by atoms with Crippen molar-refractivity contribution in [1.29, 1.82) is 0 Å². The van der Waals surface area contributed by atoms with Gasteiger partial charge in [0.05, 0.1) is 24.3 Å². The summed E-state index contributed by atoms with van der Waals surface area (Å²) in [6.45, 7) is -0.527. The van der Waals surface area contributed by atoms with E-state index in [1.54, 1.807) is 0 Å². The van der Waals surface area contributed by atoms with E-state index >= 15 is 0 Å². The molecule has 2 N–H and O–H groups in total. The van der Waals surface area contributed by atoms with Crippen LogP contribution in [0.3, 0.4) is 0 Å². The first-order chi connectivity index (χ1) is 14.0. The number of nitrogen functional groups attached to an aromatic ring is 1. The lowest BCUT2D eigenvalue weighted by Gasteiger charge is -2.29. The van der Waals surface area contributed by atoms with E-state index in [1.807, 2.05) is 0 Å². The fourth-order valence-corrected chi connectivity index (χ4v) is 2.79. The third-order valence-electron chi connectivity index (χ3n) is 4.32. The Hall–Kier alpha value is -3.50. The number of benzene rings is 2. The summed E-state index contributed by atoms with van der Waals surface area (Å²) in [5, 5.41) is 0. The van der Waals surface area contributed by atoms with Crippen LogP contribution >= 0.6 is 0 Å². The molecule has 0 saturated carbocycles. The number of nitrogens with two attached hydrogens (primary N) is 1. The van der Waals surface area contributed by atoms with E-state index < -0.39 is 35.5 Å². The highest BCUT2D eigenvalue weighted by Gasteiger charge is 2.38. The van der Waals surface area contributed by atoms with Gasteiger partial charge in [-0.2, -0.15) is 13.2 Å².